The van der Waals surface area contributed by atoms with E-state index in [1.807, 2.05) is 6.07 Å². The molecule has 1 aliphatic carbocycles. The predicted octanol–water partition coefficient (Wildman–Crippen LogP) is 4.25. The average Bonchev–Trinajstić information content (AvgIpc) is 2.86. The fraction of sp³-hybridized carbons (Fsp3) is 0.654. The number of methoxy groups -OCH3 is 1. The molecule has 4 rings (SSSR count). The van der Waals surface area contributed by atoms with Crippen molar-refractivity contribution in [2.75, 3.05) is 44.1 Å². The molecule has 2 aromatic rings. The highest BCUT2D eigenvalue weighted by atomic mass is 19.1. The van der Waals surface area contributed by atoms with E-state index in [9.17, 15) is 4.39 Å². The summed E-state index contributed by atoms with van der Waals surface area (Å²) in [6.45, 7) is 7.50. The molecule has 8 nitrogen and oxygen atoms in total. The van der Waals surface area contributed by atoms with Crippen molar-refractivity contribution >= 4 is 11.8 Å². The number of hydrogen-bond donors (Lipinski definition) is 3. The molecule has 1 aliphatic heterocycles. The van der Waals surface area contributed by atoms with Crippen LogP contribution in [-0.2, 0) is 9.47 Å². The van der Waals surface area contributed by atoms with Crippen LogP contribution in [0.3, 0.4) is 0 Å². The molecule has 192 valence electrons. The summed E-state index contributed by atoms with van der Waals surface area (Å²) in [5.74, 6) is 0.743. The van der Waals surface area contributed by atoms with Crippen LogP contribution in [0.4, 0.5) is 16.2 Å². The van der Waals surface area contributed by atoms with Gasteiger partial charge < -0.3 is 25.4 Å². The van der Waals surface area contributed by atoms with Crippen molar-refractivity contribution in [2.24, 2.45) is 5.41 Å². The molecule has 2 fully saturated rings. The molecule has 0 spiro atoms. The summed E-state index contributed by atoms with van der Waals surface area (Å²) in [5, 5.41) is 10.5. The van der Waals surface area contributed by atoms with Gasteiger partial charge in [0.05, 0.1) is 12.8 Å². The SMILES string of the molecule is COCC(C)NC1CCC(Nc2ncc(F)c(-c3ccnc(NCC4(C)CCOCC4)c3)n2)CC1. The van der Waals surface area contributed by atoms with Crippen molar-refractivity contribution in [3.8, 4) is 11.3 Å². The molecular weight excluding hydrogens is 447 g/mol. The van der Waals surface area contributed by atoms with Crippen molar-refractivity contribution in [2.45, 2.75) is 70.5 Å². The molecule has 2 aliphatic rings. The minimum absolute atomic E-state index is 0.170. The molecule has 0 aromatic carbocycles. The van der Waals surface area contributed by atoms with Crippen LogP contribution >= 0.6 is 0 Å². The van der Waals surface area contributed by atoms with Crippen LogP contribution in [0.2, 0.25) is 0 Å². The lowest BCUT2D eigenvalue weighted by Gasteiger charge is -2.33. The molecule has 0 radical (unpaired) electrons. The third kappa shape index (κ3) is 7.32. The minimum Gasteiger partial charge on any atom is -0.383 e. The van der Waals surface area contributed by atoms with Gasteiger partial charge in [0.15, 0.2) is 5.82 Å². The summed E-state index contributed by atoms with van der Waals surface area (Å²) >= 11 is 0. The Kier molecular flexibility index (Phi) is 8.86. The zero-order valence-corrected chi connectivity index (χ0v) is 21.1. The summed E-state index contributed by atoms with van der Waals surface area (Å²) in [6, 6.07) is 4.76. The van der Waals surface area contributed by atoms with E-state index in [0.29, 0.717) is 30.2 Å². The van der Waals surface area contributed by atoms with Crippen LogP contribution in [0.5, 0.6) is 0 Å². The predicted molar refractivity (Wildman–Crippen MR) is 136 cm³/mol. The molecule has 0 bridgehead atoms. The van der Waals surface area contributed by atoms with E-state index in [0.717, 1.165) is 64.1 Å². The Labute approximate surface area is 207 Å². The van der Waals surface area contributed by atoms with Crippen LogP contribution in [0.1, 0.15) is 52.4 Å². The number of pyridine rings is 1. The first-order chi connectivity index (χ1) is 16.9. The second-order valence-corrected chi connectivity index (χ2v) is 10.3. The number of anilines is 2. The molecule has 35 heavy (non-hydrogen) atoms. The van der Waals surface area contributed by atoms with E-state index in [-0.39, 0.29) is 17.2 Å². The van der Waals surface area contributed by atoms with Gasteiger partial charge in [0.2, 0.25) is 5.95 Å². The number of hydrogen-bond acceptors (Lipinski definition) is 8. The maximum atomic E-state index is 14.7. The smallest absolute Gasteiger partial charge is 0.223 e. The Morgan fingerprint density at radius 1 is 1.17 bits per heavy atom. The van der Waals surface area contributed by atoms with Crippen molar-refractivity contribution in [3.05, 3.63) is 30.3 Å². The maximum Gasteiger partial charge on any atom is 0.223 e. The van der Waals surface area contributed by atoms with Gasteiger partial charge in [-0.15, -0.1) is 0 Å². The van der Waals surface area contributed by atoms with E-state index in [4.69, 9.17) is 9.47 Å². The normalized spacial score (nSPS) is 23.0. The zero-order chi connectivity index (χ0) is 24.7. The highest BCUT2D eigenvalue weighted by molar-refractivity contribution is 5.64. The summed E-state index contributed by atoms with van der Waals surface area (Å²) < 4.78 is 25.4. The molecule has 0 amide bonds. The summed E-state index contributed by atoms with van der Waals surface area (Å²) in [4.78, 5) is 13.2. The Morgan fingerprint density at radius 3 is 2.66 bits per heavy atom. The van der Waals surface area contributed by atoms with Crippen LogP contribution in [0, 0.1) is 11.2 Å². The van der Waals surface area contributed by atoms with Crippen LogP contribution in [-0.4, -0.2) is 66.6 Å². The molecule has 1 saturated carbocycles. The number of halogens is 1. The fourth-order valence-electron chi connectivity index (χ4n) is 4.95. The Balaban J connectivity index is 1.36. The van der Waals surface area contributed by atoms with Gasteiger partial charge in [0.1, 0.15) is 11.5 Å². The number of nitrogens with one attached hydrogen (secondary N) is 3. The lowest BCUT2D eigenvalue weighted by molar-refractivity contribution is 0.0300. The van der Waals surface area contributed by atoms with E-state index in [1.165, 1.54) is 6.20 Å². The number of rotatable bonds is 10. The molecule has 9 heteroatoms. The lowest BCUT2D eigenvalue weighted by atomic mass is 9.82. The topological polar surface area (TPSA) is 93.2 Å². The molecule has 1 saturated heterocycles. The quantitative estimate of drug-likeness (QED) is 0.459. The first-order valence-electron chi connectivity index (χ1n) is 12.8. The summed E-state index contributed by atoms with van der Waals surface area (Å²) in [7, 11) is 1.73. The molecule has 1 atom stereocenters. The van der Waals surface area contributed by atoms with Gasteiger partial charge in [-0.25, -0.2) is 19.3 Å². The molecule has 3 N–H and O–H groups in total. The molecular formula is C26H39FN6O2. The van der Waals surface area contributed by atoms with E-state index < -0.39 is 5.82 Å². The van der Waals surface area contributed by atoms with Crippen LogP contribution < -0.4 is 16.0 Å². The summed E-state index contributed by atoms with van der Waals surface area (Å²) in [6.07, 6.45) is 9.15. The first-order valence-corrected chi connectivity index (χ1v) is 12.8. The van der Waals surface area contributed by atoms with Gasteiger partial charge >= 0.3 is 0 Å². The highest BCUT2D eigenvalue weighted by Gasteiger charge is 2.27. The number of aromatic nitrogens is 3. The van der Waals surface area contributed by atoms with Crippen molar-refractivity contribution in [1.29, 1.82) is 0 Å². The van der Waals surface area contributed by atoms with Gasteiger partial charge in [-0.05, 0) is 63.0 Å². The van der Waals surface area contributed by atoms with Gasteiger partial charge in [0.25, 0.3) is 0 Å². The third-order valence-electron chi connectivity index (χ3n) is 7.17. The zero-order valence-electron chi connectivity index (χ0n) is 21.1. The fourth-order valence-corrected chi connectivity index (χ4v) is 4.95. The van der Waals surface area contributed by atoms with E-state index in [1.54, 1.807) is 19.4 Å². The van der Waals surface area contributed by atoms with Gasteiger partial charge in [-0.1, -0.05) is 6.92 Å². The average molecular weight is 487 g/mol. The highest BCUT2D eigenvalue weighted by Crippen LogP contribution is 2.30. The molecule has 2 aromatic heterocycles. The molecule has 3 heterocycles. The van der Waals surface area contributed by atoms with E-state index in [2.05, 4.69) is 44.7 Å². The minimum atomic E-state index is -0.441. The standard InChI is InChI=1S/C26H39FN6O2/c1-18(16-34-3)31-20-4-6-21(7-5-20)32-25-29-15-22(27)24(33-25)19-8-11-28-23(14-19)30-17-26(2)9-12-35-13-10-26/h8,11,14-15,18,20-21,31H,4-7,9-10,12-13,16-17H2,1-3H3,(H,28,30)(H,29,32,33). The lowest BCUT2D eigenvalue weighted by Crippen LogP contribution is -2.43. The molecule has 1 unspecified atom stereocenters. The number of ether oxygens (including phenoxy) is 2. The first kappa shape index (κ1) is 25.7. The van der Waals surface area contributed by atoms with Crippen LogP contribution in [0.15, 0.2) is 24.5 Å². The third-order valence-corrected chi connectivity index (χ3v) is 7.17. The Hall–Kier alpha value is -2.36. The van der Waals surface area contributed by atoms with Crippen molar-refractivity contribution < 1.29 is 13.9 Å². The summed E-state index contributed by atoms with van der Waals surface area (Å²) in [5.41, 5.74) is 1.14. The van der Waals surface area contributed by atoms with Crippen molar-refractivity contribution in [1.82, 2.24) is 20.3 Å². The Bertz CT molecular complexity index is 947. The second-order valence-electron chi connectivity index (χ2n) is 10.3. The monoisotopic (exact) mass is 486 g/mol. The van der Waals surface area contributed by atoms with Crippen LogP contribution in [0.25, 0.3) is 11.3 Å². The number of nitrogens with zero attached hydrogens (tertiary/aromatic N) is 3. The van der Waals surface area contributed by atoms with E-state index >= 15 is 0 Å². The maximum absolute atomic E-state index is 14.7. The van der Waals surface area contributed by atoms with Gasteiger partial charge in [-0.3, -0.25) is 0 Å². The van der Waals surface area contributed by atoms with Crippen molar-refractivity contribution in [3.63, 3.8) is 0 Å². The second kappa shape index (κ2) is 12.1. The van der Waals surface area contributed by atoms with Gasteiger partial charge in [-0.2, -0.15) is 0 Å². The Morgan fingerprint density at radius 2 is 1.91 bits per heavy atom. The van der Waals surface area contributed by atoms with Gasteiger partial charge in [0, 0.05) is 56.8 Å². The largest absolute Gasteiger partial charge is 0.383 e.